The normalized spacial score (nSPS) is 12.2. The molecule has 1 aromatic heterocycles. The highest BCUT2D eigenvalue weighted by molar-refractivity contribution is 8.13. The van der Waals surface area contributed by atoms with Crippen molar-refractivity contribution in [3.8, 4) is 0 Å². The molecule has 0 spiro atoms. The molecule has 0 aliphatic carbocycles. The highest BCUT2D eigenvalue weighted by atomic mass is 35.7. The lowest BCUT2D eigenvalue weighted by molar-refractivity contribution is 0.600. The summed E-state index contributed by atoms with van der Waals surface area (Å²) in [6.45, 7) is 1.61. The molecule has 0 aliphatic rings. The van der Waals surface area contributed by atoms with Crippen LogP contribution in [0.4, 0.5) is 4.39 Å². The van der Waals surface area contributed by atoms with Crippen LogP contribution in [-0.2, 0) is 16.1 Å². The summed E-state index contributed by atoms with van der Waals surface area (Å²) in [5.74, 6) is -0.403. The van der Waals surface area contributed by atoms with Crippen molar-refractivity contribution in [3.63, 3.8) is 0 Å². The van der Waals surface area contributed by atoms with Crippen LogP contribution in [0.1, 0.15) is 5.56 Å². The Kier molecular flexibility index (Phi) is 2.47. The fourth-order valence-corrected chi connectivity index (χ4v) is 3.48. The van der Waals surface area contributed by atoms with E-state index < -0.39 is 14.9 Å². The Labute approximate surface area is 96.9 Å². The van der Waals surface area contributed by atoms with Gasteiger partial charge in [-0.1, -0.05) is 0 Å². The van der Waals surface area contributed by atoms with Gasteiger partial charge in [0, 0.05) is 28.6 Å². The Morgan fingerprint density at radius 3 is 2.56 bits per heavy atom. The maximum atomic E-state index is 13.1. The van der Waals surface area contributed by atoms with E-state index in [4.69, 9.17) is 10.7 Å². The van der Waals surface area contributed by atoms with E-state index in [-0.39, 0.29) is 5.03 Å². The van der Waals surface area contributed by atoms with Gasteiger partial charge < -0.3 is 4.57 Å². The van der Waals surface area contributed by atoms with Gasteiger partial charge in [0.05, 0.1) is 0 Å². The molecule has 0 bridgehead atoms. The first kappa shape index (κ1) is 11.4. The Hall–Kier alpha value is -1.07. The first-order chi connectivity index (χ1) is 7.32. The fraction of sp³-hybridized carbons (Fsp3) is 0.200. The minimum atomic E-state index is -3.83. The van der Waals surface area contributed by atoms with Crippen molar-refractivity contribution in [2.45, 2.75) is 11.9 Å². The largest absolute Gasteiger partial charge is 0.333 e. The number of hydrogen-bond acceptors (Lipinski definition) is 2. The summed E-state index contributed by atoms with van der Waals surface area (Å²) < 4.78 is 37.3. The van der Waals surface area contributed by atoms with Crippen LogP contribution in [-0.4, -0.2) is 13.0 Å². The van der Waals surface area contributed by atoms with Crippen molar-refractivity contribution < 1.29 is 12.8 Å². The lowest BCUT2D eigenvalue weighted by atomic mass is 10.2. The second-order valence-corrected chi connectivity index (χ2v) is 6.07. The van der Waals surface area contributed by atoms with Crippen LogP contribution in [0, 0.1) is 12.7 Å². The number of rotatable bonds is 1. The quantitative estimate of drug-likeness (QED) is 0.740. The van der Waals surface area contributed by atoms with Crippen molar-refractivity contribution in [1.29, 1.82) is 0 Å². The van der Waals surface area contributed by atoms with E-state index in [2.05, 4.69) is 0 Å². The summed E-state index contributed by atoms with van der Waals surface area (Å²) in [6, 6.07) is 4.12. The third kappa shape index (κ3) is 1.60. The zero-order valence-electron chi connectivity index (χ0n) is 8.66. The van der Waals surface area contributed by atoms with Crippen molar-refractivity contribution in [3.05, 3.63) is 29.6 Å². The maximum absolute atomic E-state index is 13.1. The average molecular weight is 262 g/mol. The zero-order valence-corrected chi connectivity index (χ0v) is 10.2. The number of fused-ring (bicyclic) bond motifs is 1. The number of hydrogen-bond donors (Lipinski definition) is 0. The predicted molar refractivity (Wildman–Crippen MR) is 60.7 cm³/mol. The van der Waals surface area contributed by atoms with Gasteiger partial charge in [0.15, 0.2) is 5.03 Å². The molecule has 0 N–H and O–H groups in total. The molecule has 0 fully saturated rings. The summed E-state index contributed by atoms with van der Waals surface area (Å²) in [6.07, 6.45) is 0. The summed E-state index contributed by atoms with van der Waals surface area (Å²) in [4.78, 5) is 0. The molecule has 0 amide bonds. The van der Waals surface area contributed by atoms with Crippen LogP contribution in [0.25, 0.3) is 10.9 Å². The first-order valence-electron chi connectivity index (χ1n) is 4.51. The summed E-state index contributed by atoms with van der Waals surface area (Å²) in [5, 5.41) is 0.566. The molecule has 2 rings (SSSR count). The molecule has 6 heteroatoms. The van der Waals surface area contributed by atoms with E-state index in [0.29, 0.717) is 16.5 Å². The van der Waals surface area contributed by atoms with Crippen LogP contribution >= 0.6 is 10.7 Å². The van der Waals surface area contributed by atoms with Gasteiger partial charge in [-0.15, -0.1) is 0 Å². The lowest BCUT2D eigenvalue weighted by Gasteiger charge is -2.00. The molecule has 0 saturated carbocycles. The molecule has 2 aromatic rings. The summed E-state index contributed by atoms with van der Waals surface area (Å²) in [5.41, 5.74) is 1.10. The third-order valence-electron chi connectivity index (χ3n) is 2.58. The molecule has 0 unspecified atom stereocenters. The highest BCUT2D eigenvalue weighted by Gasteiger charge is 2.21. The Balaban J connectivity index is 2.99. The van der Waals surface area contributed by atoms with Gasteiger partial charge in [-0.25, -0.2) is 12.8 Å². The van der Waals surface area contributed by atoms with Crippen LogP contribution in [0.5, 0.6) is 0 Å². The van der Waals surface area contributed by atoms with Crippen molar-refractivity contribution >= 4 is 30.6 Å². The molecule has 1 heterocycles. The monoisotopic (exact) mass is 261 g/mol. The second kappa shape index (κ2) is 3.46. The van der Waals surface area contributed by atoms with Gasteiger partial charge in [0.2, 0.25) is 0 Å². The summed E-state index contributed by atoms with van der Waals surface area (Å²) in [7, 11) is 3.10. The van der Waals surface area contributed by atoms with Gasteiger partial charge in [0.1, 0.15) is 5.82 Å². The Bertz CT molecular complexity index is 676. The fourth-order valence-electron chi connectivity index (χ4n) is 1.92. The van der Waals surface area contributed by atoms with E-state index in [1.165, 1.54) is 22.8 Å². The predicted octanol–water partition coefficient (Wildman–Crippen LogP) is 2.55. The van der Waals surface area contributed by atoms with Crippen molar-refractivity contribution in [2.75, 3.05) is 0 Å². The van der Waals surface area contributed by atoms with E-state index in [0.717, 1.165) is 0 Å². The van der Waals surface area contributed by atoms with E-state index in [9.17, 15) is 12.8 Å². The molecule has 16 heavy (non-hydrogen) atoms. The minimum absolute atomic E-state index is 0.00904. The second-order valence-electron chi connectivity index (χ2n) is 3.59. The van der Waals surface area contributed by atoms with Gasteiger partial charge in [-0.3, -0.25) is 0 Å². The highest BCUT2D eigenvalue weighted by Crippen LogP contribution is 2.30. The topological polar surface area (TPSA) is 39.1 Å². The lowest BCUT2D eigenvalue weighted by Crippen LogP contribution is -2.01. The molecule has 0 saturated heterocycles. The smallest absolute Gasteiger partial charge is 0.277 e. The molecule has 1 aromatic carbocycles. The van der Waals surface area contributed by atoms with Gasteiger partial charge in [-0.2, -0.15) is 0 Å². The number of aromatic nitrogens is 1. The maximum Gasteiger partial charge on any atom is 0.277 e. The van der Waals surface area contributed by atoms with Crippen LogP contribution < -0.4 is 0 Å². The number of halogens is 2. The molecule has 0 radical (unpaired) electrons. The van der Waals surface area contributed by atoms with Gasteiger partial charge in [0.25, 0.3) is 9.05 Å². The van der Waals surface area contributed by atoms with Crippen LogP contribution in [0.3, 0.4) is 0 Å². The molecular weight excluding hydrogens is 253 g/mol. The molecule has 0 aliphatic heterocycles. The molecular formula is C10H9ClFNO2S. The van der Waals surface area contributed by atoms with Crippen LogP contribution in [0.15, 0.2) is 23.2 Å². The standard InChI is InChI=1S/C10H9ClFNO2S/c1-6-8-5-7(12)3-4-9(8)13(2)10(6)16(11,14)15/h3-5H,1-2H3. The molecule has 0 atom stereocenters. The summed E-state index contributed by atoms with van der Waals surface area (Å²) >= 11 is 0. The SMILES string of the molecule is Cc1c(S(=O)(=O)Cl)n(C)c2ccc(F)cc12. The van der Waals surface area contributed by atoms with Gasteiger partial charge >= 0.3 is 0 Å². The zero-order chi connectivity index (χ0) is 12.1. The first-order valence-corrected chi connectivity index (χ1v) is 6.82. The van der Waals surface area contributed by atoms with E-state index in [1.807, 2.05) is 0 Å². The minimum Gasteiger partial charge on any atom is -0.333 e. The molecule has 3 nitrogen and oxygen atoms in total. The van der Waals surface area contributed by atoms with Crippen LogP contribution in [0.2, 0.25) is 0 Å². The number of benzene rings is 1. The third-order valence-corrected chi connectivity index (χ3v) is 4.06. The van der Waals surface area contributed by atoms with Gasteiger partial charge in [-0.05, 0) is 30.7 Å². The average Bonchev–Trinajstić information content (AvgIpc) is 2.38. The Morgan fingerprint density at radius 2 is 2.00 bits per heavy atom. The van der Waals surface area contributed by atoms with E-state index in [1.54, 1.807) is 14.0 Å². The molecule has 86 valence electrons. The Morgan fingerprint density at radius 1 is 1.38 bits per heavy atom. The number of nitrogens with zero attached hydrogens (tertiary/aromatic N) is 1. The van der Waals surface area contributed by atoms with E-state index >= 15 is 0 Å². The van der Waals surface area contributed by atoms with Crippen molar-refractivity contribution in [1.82, 2.24) is 4.57 Å². The van der Waals surface area contributed by atoms with Crippen molar-refractivity contribution in [2.24, 2.45) is 7.05 Å². The number of aryl methyl sites for hydroxylation is 2.